The quantitative estimate of drug-likeness (QED) is 0.814. The van der Waals surface area contributed by atoms with Crippen molar-refractivity contribution < 1.29 is 4.74 Å². The number of nitrogens with zero attached hydrogens (tertiary/aromatic N) is 1. The van der Waals surface area contributed by atoms with Crippen LogP contribution < -0.4 is 5.32 Å². The highest BCUT2D eigenvalue weighted by Gasteiger charge is 2.39. The second kappa shape index (κ2) is 7.42. The van der Waals surface area contributed by atoms with Gasteiger partial charge >= 0.3 is 0 Å². The molecule has 1 N–H and O–H groups in total. The lowest BCUT2D eigenvalue weighted by Gasteiger charge is -2.31. The monoisotopic (exact) mass is 318 g/mol. The van der Waals surface area contributed by atoms with Crippen molar-refractivity contribution in [1.29, 1.82) is 0 Å². The fourth-order valence-corrected chi connectivity index (χ4v) is 4.24. The molecule has 0 amide bonds. The van der Waals surface area contributed by atoms with Crippen molar-refractivity contribution in [3.8, 4) is 0 Å². The van der Waals surface area contributed by atoms with Gasteiger partial charge in [-0.25, -0.2) is 0 Å². The molecule has 2 aliphatic carbocycles. The topological polar surface area (TPSA) is 24.5 Å². The van der Waals surface area contributed by atoms with Gasteiger partial charge in [0.2, 0.25) is 0 Å². The maximum absolute atomic E-state index is 5.70. The van der Waals surface area contributed by atoms with Crippen molar-refractivity contribution in [3.63, 3.8) is 0 Å². The molecule has 3 nitrogen and oxygen atoms in total. The van der Waals surface area contributed by atoms with Crippen LogP contribution in [0.15, 0.2) is 30.3 Å². The van der Waals surface area contributed by atoms with Gasteiger partial charge in [-0.2, -0.15) is 0 Å². The first-order valence-corrected chi connectivity index (χ1v) is 8.75. The summed E-state index contributed by atoms with van der Waals surface area (Å²) in [5, 5.41) is 4.53. The Bertz CT molecular complexity index is 493. The van der Waals surface area contributed by atoms with E-state index in [4.69, 9.17) is 17.0 Å². The summed E-state index contributed by atoms with van der Waals surface area (Å²) in [6.45, 7) is 2.38. The van der Waals surface area contributed by atoms with Gasteiger partial charge in [-0.15, -0.1) is 0 Å². The molecule has 22 heavy (non-hydrogen) atoms. The van der Waals surface area contributed by atoms with Crippen LogP contribution in [0.1, 0.15) is 31.2 Å². The first-order valence-electron chi connectivity index (χ1n) is 8.34. The van der Waals surface area contributed by atoms with E-state index in [9.17, 15) is 0 Å². The zero-order chi connectivity index (χ0) is 15.4. The summed E-state index contributed by atoms with van der Waals surface area (Å²) >= 11 is 5.70. The highest BCUT2D eigenvalue weighted by Crippen LogP contribution is 2.44. The zero-order valence-corrected chi connectivity index (χ0v) is 14.1. The van der Waals surface area contributed by atoms with Gasteiger partial charge in [0.25, 0.3) is 0 Å². The van der Waals surface area contributed by atoms with E-state index in [1.165, 1.54) is 31.2 Å². The molecule has 2 bridgehead atoms. The first-order chi connectivity index (χ1) is 10.8. The van der Waals surface area contributed by atoms with Gasteiger partial charge in [0.05, 0.1) is 6.61 Å². The molecule has 2 saturated carbocycles. The number of thiocarbonyl (C=S) groups is 1. The van der Waals surface area contributed by atoms with Crippen LogP contribution in [0.25, 0.3) is 0 Å². The molecule has 1 aromatic rings. The zero-order valence-electron chi connectivity index (χ0n) is 13.3. The Hall–Kier alpha value is -1.13. The van der Waals surface area contributed by atoms with E-state index in [-0.39, 0.29) is 0 Å². The number of rotatable bonds is 6. The number of methoxy groups -OCH3 is 1. The molecule has 0 radical (unpaired) electrons. The van der Waals surface area contributed by atoms with Crippen LogP contribution >= 0.6 is 12.2 Å². The molecule has 3 rings (SSSR count). The third kappa shape index (κ3) is 3.79. The molecule has 4 heteroatoms. The van der Waals surface area contributed by atoms with Crippen molar-refractivity contribution in [2.45, 2.75) is 38.3 Å². The van der Waals surface area contributed by atoms with E-state index < -0.39 is 0 Å². The normalized spacial score (nSPS) is 26.1. The number of benzene rings is 1. The van der Waals surface area contributed by atoms with E-state index in [1.54, 1.807) is 7.11 Å². The summed E-state index contributed by atoms with van der Waals surface area (Å²) in [5.41, 5.74) is 1.29. The molecule has 3 unspecified atom stereocenters. The van der Waals surface area contributed by atoms with Crippen LogP contribution in [0.4, 0.5) is 0 Å². The fraction of sp³-hybridized carbons (Fsp3) is 0.611. The highest BCUT2D eigenvalue weighted by molar-refractivity contribution is 7.80. The smallest absolute Gasteiger partial charge is 0.169 e. The third-order valence-electron chi connectivity index (χ3n) is 5.12. The Kier molecular flexibility index (Phi) is 5.32. The largest absolute Gasteiger partial charge is 0.383 e. The standard InChI is InChI=1S/C18H26N2OS/c1-21-10-9-20(13-14-5-3-2-4-6-14)18(22)19-17-12-15-7-8-16(17)11-15/h2-6,15-17H,7-13H2,1H3,(H,19,22). The van der Waals surface area contributed by atoms with E-state index >= 15 is 0 Å². The van der Waals surface area contributed by atoms with E-state index in [0.717, 1.165) is 30.0 Å². The minimum absolute atomic E-state index is 0.590. The van der Waals surface area contributed by atoms with E-state index in [1.807, 2.05) is 0 Å². The van der Waals surface area contributed by atoms with Crippen LogP contribution in [-0.2, 0) is 11.3 Å². The lowest BCUT2D eigenvalue weighted by Crippen LogP contribution is -2.47. The van der Waals surface area contributed by atoms with Gasteiger partial charge in [0, 0.05) is 26.2 Å². The second-order valence-electron chi connectivity index (χ2n) is 6.63. The molecule has 0 aliphatic heterocycles. The summed E-state index contributed by atoms with van der Waals surface area (Å²) in [4.78, 5) is 2.24. The Morgan fingerprint density at radius 1 is 1.27 bits per heavy atom. The molecule has 3 atom stereocenters. The lowest BCUT2D eigenvalue weighted by atomic mass is 9.95. The number of hydrogen-bond acceptors (Lipinski definition) is 2. The van der Waals surface area contributed by atoms with Crippen molar-refractivity contribution in [2.24, 2.45) is 11.8 Å². The Morgan fingerprint density at radius 3 is 2.73 bits per heavy atom. The lowest BCUT2D eigenvalue weighted by molar-refractivity contribution is 0.173. The molecular formula is C18H26N2OS. The summed E-state index contributed by atoms with van der Waals surface area (Å²) in [7, 11) is 1.74. The van der Waals surface area contributed by atoms with Crippen molar-refractivity contribution >= 4 is 17.3 Å². The average Bonchev–Trinajstić information content (AvgIpc) is 3.15. The minimum atomic E-state index is 0.590. The van der Waals surface area contributed by atoms with Crippen LogP contribution in [-0.4, -0.2) is 36.3 Å². The van der Waals surface area contributed by atoms with Gasteiger partial charge in [0.1, 0.15) is 0 Å². The predicted molar refractivity (Wildman–Crippen MR) is 93.7 cm³/mol. The number of fused-ring (bicyclic) bond motifs is 2. The molecule has 1 aromatic carbocycles. The van der Waals surface area contributed by atoms with Crippen molar-refractivity contribution in [2.75, 3.05) is 20.3 Å². The summed E-state index contributed by atoms with van der Waals surface area (Å²) < 4.78 is 5.25. The highest BCUT2D eigenvalue weighted by atomic mass is 32.1. The van der Waals surface area contributed by atoms with Gasteiger partial charge in [-0.3, -0.25) is 0 Å². The van der Waals surface area contributed by atoms with Gasteiger partial charge in [-0.05, 0) is 48.9 Å². The second-order valence-corrected chi connectivity index (χ2v) is 7.02. The number of ether oxygens (including phenoxy) is 1. The average molecular weight is 318 g/mol. The van der Waals surface area contributed by atoms with Crippen LogP contribution in [0, 0.1) is 11.8 Å². The van der Waals surface area contributed by atoms with Crippen LogP contribution in [0.5, 0.6) is 0 Å². The van der Waals surface area contributed by atoms with Gasteiger partial charge in [0.15, 0.2) is 5.11 Å². The maximum atomic E-state index is 5.70. The summed E-state index contributed by atoms with van der Waals surface area (Å²) in [6.07, 6.45) is 5.50. The summed E-state index contributed by atoms with van der Waals surface area (Å²) in [6, 6.07) is 11.1. The maximum Gasteiger partial charge on any atom is 0.169 e. The SMILES string of the molecule is COCCN(Cc1ccccc1)C(=S)NC1CC2CCC1C2. The number of nitrogens with one attached hydrogen (secondary N) is 1. The van der Waals surface area contributed by atoms with E-state index in [0.29, 0.717) is 12.6 Å². The molecule has 0 saturated heterocycles. The Morgan fingerprint density at radius 2 is 2.09 bits per heavy atom. The van der Waals surface area contributed by atoms with Gasteiger partial charge in [-0.1, -0.05) is 36.8 Å². The van der Waals surface area contributed by atoms with Crippen molar-refractivity contribution in [1.82, 2.24) is 10.2 Å². The Labute approximate surface area is 139 Å². The molecule has 120 valence electrons. The van der Waals surface area contributed by atoms with Crippen LogP contribution in [0.3, 0.4) is 0 Å². The number of hydrogen-bond donors (Lipinski definition) is 1. The molecule has 2 fully saturated rings. The predicted octanol–water partition coefficient (Wildman–Crippen LogP) is 3.20. The molecule has 0 aromatic heterocycles. The summed E-state index contributed by atoms with van der Waals surface area (Å²) in [5.74, 6) is 1.77. The van der Waals surface area contributed by atoms with Gasteiger partial charge < -0.3 is 15.0 Å². The molecule has 2 aliphatic rings. The fourth-order valence-electron chi connectivity index (χ4n) is 3.93. The van der Waals surface area contributed by atoms with Crippen molar-refractivity contribution in [3.05, 3.63) is 35.9 Å². The first kappa shape index (κ1) is 15.8. The van der Waals surface area contributed by atoms with E-state index in [2.05, 4.69) is 40.5 Å². The van der Waals surface area contributed by atoms with Crippen LogP contribution in [0.2, 0.25) is 0 Å². The minimum Gasteiger partial charge on any atom is -0.383 e. The molecular weight excluding hydrogens is 292 g/mol. The third-order valence-corrected chi connectivity index (χ3v) is 5.49. The molecule has 0 spiro atoms. The molecule has 0 heterocycles. The Balaban J connectivity index is 1.59.